The summed E-state index contributed by atoms with van der Waals surface area (Å²) in [4.78, 5) is 28.2. The lowest BCUT2D eigenvalue weighted by molar-refractivity contribution is -0.129. The van der Waals surface area contributed by atoms with Gasteiger partial charge in [0.1, 0.15) is 12.4 Å². The van der Waals surface area contributed by atoms with E-state index in [1.807, 2.05) is 0 Å². The first-order valence-corrected chi connectivity index (χ1v) is 6.69. The van der Waals surface area contributed by atoms with Crippen LogP contribution in [-0.4, -0.2) is 45.6 Å². The molecule has 8 nitrogen and oxygen atoms in total. The number of nitrogens with zero attached hydrogens (tertiary/aromatic N) is 4. The molecule has 2 rings (SSSR count). The lowest BCUT2D eigenvalue weighted by atomic mass is 10.2. The Hall–Kier alpha value is -2.61. The summed E-state index contributed by atoms with van der Waals surface area (Å²) in [6, 6.07) is 1.43. The second-order valence-corrected chi connectivity index (χ2v) is 5.17. The zero-order valence-corrected chi connectivity index (χ0v) is 12.8. The van der Waals surface area contributed by atoms with Gasteiger partial charge in [-0.2, -0.15) is 5.10 Å². The Morgan fingerprint density at radius 2 is 2.14 bits per heavy atom. The molecule has 0 atom stereocenters. The van der Waals surface area contributed by atoms with Crippen molar-refractivity contribution in [3.05, 3.63) is 35.2 Å². The van der Waals surface area contributed by atoms with E-state index in [0.29, 0.717) is 11.5 Å². The number of hydrogen-bond acceptors (Lipinski definition) is 5. The number of halogens is 1. The van der Waals surface area contributed by atoms with Gasteiger partial charge in [-0.3, -0.25) is 14.3 Å². The van der Waals surface area contributed by atoms with Crippen molar-refractivity contribution < 1.29 is 9.59 Å². The Balaban J connectivity index is 2.10. The molecule has 0 aliphatic rings. The van der Waals surface area contributed by atoms with Gasteiger partial charge in [-0.15, -0.1) is 0 Å². The van der Waals surface area contributed by atoms with Crippen molar-refractivity contribution in [2.75, 3.05) is 19.4 Å². The van der Waals surface area contributed by atoms with Crippen molar-refractivity contribution in [2.45, 2.75) is 6.54 Å². The highest BCUT2D eigenvalue weighted by atomic mass is 35.5. The second kappa shape index (κ2) is 6.44. The smallest absolute Gasteiger partial charge is 0.250 e. The van der Waals surface area contributed by atoms with Crippen molar-refractivity contribution in [1.29, 1.82) is 0 Å². The number of likely N-dealkylation sites (N-methyl/N-ethyl adjacent to an activating group) is 1. The maximum Gasteiger partial charge on any atom is 0.250 e. The fourth-order valence-corrected chi connectivity index (χ4v) is 1.81. The molecule has 0 aromatic carbocycles. The average Bonchev–Trinajstić information content (AvgIpc) is 2.88. The molecule has 0 aliphatic carbocycles. The van der Waals surface area contributed by atoms with E-state index in [1.165, 1.54) is 21.8 Å². The molecule has 0 saturated heterocycles. The van der Waals surface area contributed by atoms with E-state index in [-0.39, 0.29) is 23.0 Å². The molecule has 2 aromatic heterocycles. The molecule has 22 heavy (non-hydrogen) atoms. The molecule has 0 aliphatic heterocycles. The van der Waals surface area contributed by atoms with Crippen LogP contribution in [0.1, 0.15) is 10.4 Å². The standard InChI is InChI=1S/C13H15ClN6O2/c1-19(2)11(21)7-20-6-9(5-17-20)18-13-10(14)3-8(4-16-13)12(15)22/h3-6H,7H2,1-2H3,(H2,15,22)(H,16,18). The summed E-state index contributed by atoms with van der Waals surface area (Å²) in [5.41, 5.74) is 6.00. The molecular formula is C13H15ClN6O2. The zero-order valence-electron chi connectivity index (χ0n) is 12.1. The Labute approximate surface area is 131 Å². The van der Waals surface area contributed by atoms with E-state index in [0.717, 1.165) is 0 Å². The Morgan fingerprint density at radius 1 is 1.41 bits per heavy atom. The number of anilines is 2. The van der Waals surface area contributed by atoms with Gasteiger partial charge in [0.25, 0.3) is 0 Å². The minimum Gasteiger partial charge on any atom is -0.366 e. The molecule has 0 radical (unpaired) electrons. The lowest BCUT2D eigenvalue weighted by Gasteiger charge is -2.09. The molecule has 9 heteroatoms. The van der Waals surface area contributed by atoms with Crippen LogP contribution >= 0.6 is 11.6 Å². The Bertz CT molecular complexity index is 712. The first-order chi connectivity index (χ1) is 10.4. The van der Waals surface area contributed by atoms with Gasteiger partial charge in [0, 0.05) is 26.5 Å². The summed E-state index contributed by atoms with van der Waals surface area (Å²) < 4.78 is 1.50. The van der Waals surface area contributed by atoms with Crippen LogP contribution in [0.25, 0.3) is 0 Å². The molecule has 116 valence electrons. The number of rotatable bonds is 5. The average molecular weight is 323 g/mol. The van der Waals surface area contributed by atoms with E-state index in [9.17, 15) is 9.59 Å². The number of pyridine rings is 1. The molecule has 2 aromatic rings. The molecule has 2 amide bonds. The molecule has 0 fully saturated rings. The molecule has 0 saturated carbocycles. The molecule has 0 spiro atoms. The number of primary amides is 1. The van der Waals surface area contributed by atoms with E-state index < -0.39 is 5.91 Å². The van der Waals surface area contributed by atoms with E-state index in [4.69, 9.17) is 17.3 Å². The van der Waals surface area contributed by atoms with Gasteiger partial charge in [-0.25, -0.2) is 4.98 Å². The predicted molar refractivity (Wildman–Crippen MR) is 82.0 cm³/mol. The highest BCUT2D eigenvalue weighted by Crippen LogP contribution is 2.23. The summed E-state index contributed by atoms with van der Waals surface area (Å²) in [6.45, 7) is 0.135. The predicted octanol–water partition coefficient (Wildman–Crippen LogP) is 0.862. The second-order valence-electron chi connectivity index (χ2n) is 4.76. The topological polar surface area (TPSA) is 106 Å². The van der Waals surface area contributed by atoms with Gasteiger partial charge in [0.05, 0.1) is 22.5 Å². The van der Waals surface area contributed by atoms with Gasteiger partial charge in [-0.1, -0.05) is 11.6 Å². The summed E-state index contributed by atoms with van der Waals surface area (Å²) >= 11 is 6.04. The van der Waals surface area contributed by atoms with Crippen LogP contribution in [-0.2, 0) is 11.3 Å². The number of amides is 2. The largest absolute Gasteiger partial charge is 0.366 e. The number of nitrogens with one attached hydrogen (secondary N) is 1. The molecule has 2 heterocycles. The first-order valence-electron chi connectivity index (χ1n) is 6.32. The van der Waals surface area contributed by atoms with Gasteiger partial charge in [0.15, 0.2) is 0 Å². The normalized spacial score (nSPS) is 10.3. The monoisotopic (exact) mass is 322 g/mol. The molecule has 0 bridgehead atoms. The van der Waals surface area contributed by atoms with Crippen molar-refractivity contribution in [2.24, 2.45) is 5.73 Å². The fraction of sp³-hybridized carbons (Fsp3) is 0.231. The molecule has 0 unspecified atom stereocenters. The van der Waals surface area contributed by atoms with Crippen molar-refractivity contribution in [3.8, 4) is 0 Å². The quantitative estimate of drug-likeness (QED) is 0.849. The van der Waals surface area contributed by atoms with Crippen LogP contribution in [0.2, 0.25) is 5.02 Å². The van der Waals surface area contributed by atoms with E-state index in [2.05, 4.69) is 15.4 Å². The van der Waals surface area contributed by atoms with Gasteiger partial charge in [-0.05, 0) is 6.07 Å². The number of carbonyl (C=O) groups is 2. The van der Waals surface area contributed by atoms with Crippen LogP contribution in [0.15, 0.2) is 24.7 Å². The van der Waals surface area contributed by atoms with Crippen LogP contribution < -0.4 is 11.1 Å². The molecular weight excluding hydrogens is 308 g/mol. The molecule has 3 N–H and O–H groups in total. The minimum absolute atomic E-state index is 0.0726. The maximum atomic E-state index is 11.6. The van der Waals surface area contributed by atoms with Crippen LogP contribution in [0.4, 0.5) is 11.5 Å². The van der Waals surface area contributed by atoms with Crippen LogP contribution in [0.5, 0.6) is 0 Å². The number of aromatic nitrogens is 3. The number of hydrogen-bond donors (Lipinski definition) is 2. The maximum absolute atomic E-state index is 11.6. The minimum atomic E-state index is -0.601. The van der Waals surface area contributed by atoms with Crippen molar-refractivity contribution >= 4 is 34.9 Å². The van der Waals surface area contributed by atoms with Crippen LogP contribution in [0, 0.1) is 0 Å². The SMILES string of the molecule is CN(C)C(=O)Cn1cc(Nc2ncc(C(N)=O)cc2Cl)cn1. The van der Waals surface area contributed by atoms with Gasteiger partial charge >= 0.3 is 0 Å². The third-order valence-electron chi connectivity index (χ3n) is 2.82. The number of carbonyl (C=O) groups excluding carboxylic acids is 2. The third kappa shape index (κ3) is 3.73. The summed E-state index contributed by atoms with van der Waals surface area (Å²) in [5, 5.41) is 7.29. The van der Waals surface area contributed by atoms with Crippen molar-refractivity contribution in [1.82, 2.24) is 19.7 Å². The van der Waals surface area contributed by atoms with Crippen molar-refractivity contribution in [3.63, 3.8) is 0 Å². The van der Waals surface area contributed by atoms with Gasteiger partial charge < -0.3 is 16.0 Å². The first kappa shape index (κ1) is 15.8. The Kier molecular flexibility index (Phi) is 4.62. The highest BCUT2D eigenvalue weighted by molar-refractivity contribution is 6.33. The zero-order chi connectivity index (χ0) is 16.3. The number of nitrogens with two attached hydrogens (primary N) is 1. The lowest BCUT2D eigenvalue weighted by Crippen LogP contribution is -2.26. The van der Waals surface area contributed by atoms with Gasteiger partial charge in [0.2, 0.25) is 11.8 Å². The van der Waals surface area contributed by atoms with Crippen LogP contribution in [0.3, 0.4) is 0 Å². The highest BCUT2D eigenvalue weighted by Gasteiger charge is 2.10. The summed E-state index contributed by atoms with van der Waals surface area (Å²) in [5.74, 6) is -0.308. The summed E-state index contributed by atoms with van der Waals surface area (Å²) in [7, 11) is 3.35. The third-order valence-corrected chi connectivity index (χ3v) is 3.11. The Morgan fingerprint density at radius 3 is 2.73 bits per heavy atom. The summed E-state index contributed by atoms with van der Waals surface area (Å²) in [6.07, 6.45) is 4.53. The van der Waals surface area contributed by atoms with E-state index >= 15 is 0 Å². The van der Waals surface area contributed by atoms with E-state index in [1.54, 1.807) is 26.5 Å². The fourth-order valence-electron chi connectivity index (χ4n) is 1.60.